The van der Waals surface area contributed by atoms with E-state index in [0.717, 1.165) is 25.9 Å². The first-order valence-electron chi connectivity index (χ1n) is 9.64. The Kier molecular flexibility index (Phi) is 6.70. The smallest absolute Gasteiger partial charge is 0.317 e. The molecule has 2 fully saturated rings. The maximum atomic E-state index is 12.6. The number of rotatable bonds is 6. The average molecular weight is 345 g/mol. The van der Waals surface area contributed by atoms with E-state index in [2.05, 4.69) is 22.3 Å². The van der Waals surface area contributed by atoms with Crippen molar-refractivity contribution in [3.8, 4) is 0 Å². The van der Waals surface area contributed by atoms with Crippen molar-refractivity contribution in [2.75, 3.05) is 45.9 Å². The molecule has 3 rings (SSSR count). The molecule has 2 heterocycles. The van der Waals surface area contributed by atoms with Gasteiger partial charge in [0.05, 0.1) is 0 Å². The molecule has 0 bridgehead atoms. The third-order valence-electron chi connectivity index (χ3n) is 5.42. The van der Waals surface area contributed by atoms with Crippen molar-refractivity contribution in [2.45, 2.75) is 25.7 Å². The molecule has 0 unspecified atom stereocenters. The number of nitrogens with one attached hydrogen (secondary N) is 1. The fourth-order valence-corrected chi connectivity index (χ4v) is 4.15. The Hall–Kier alpha value is -1.59. The third kappa shape index (κ3) is 5.44. The number of piperidine rings is 1. The van der Waals surface area contributed by atoms with Crippen LogP contribution in [0.2, 0.25) is 0 Å². The molecule has 2 amide bonds. The number of nitrogens with zero attached hydrogens (tertiary/aromatic N) is 2. The van der Waals surface area contributed by atoms with Gasteiger partial charge in [0, 0.05) is 38.7 Å². The number of likely N-dealkylation sites (tertiary alicyclic amines) is 2. The molecule has 2 atom stereocenters. The SMILES string of the molecule is O=C(NCCc1ccccc1)N1C[C@@H](CN2CCCC2)C[C@H](CO)C1. The van der Waals surface area contributed by atoms with Crippen LogP contribution in [0.5, 0.6) is 0 Å². The average Bonchev–Trinajstić information content (AvgIpc) is 3.15. The highest BCUT2D eigenvalue weighted by molar-refractivity contribution is 5.74. The van der Waals surface area contributed by atoms with Crippen molar-refractivity contribution in [3.63, 3.8) is 0 Å². The Labute approximate surface area is 151 Å². The second-order valence-electron chi connectivity index (χ2n) is 7.53. The van der Waals surface area contributed by atoms with E-state index in [1.54, 1.807) is 0 Å². The minimum atomic E-state index is 0.0144. The van der Waals surface area contributed by atoms with E-state index in [1.165, 1.54) is 31.5 Å². The van der Waals surface area contributed by atoms with Crippen molar-refractivity contribution in [3.05, 3.63) is 35.9 Å². The molecule has 138 valence electrons. The van der Waals surface area contributed by atoms with Crippen molar-refractivity contribution in [2.24, 2.45) is 11.8 Å². The Morgan fingerprint density at radius 2 is 1.84 bits per heavy atom. The highest BCUT2D eigenvalue weighted by Crippen LogP contribution is 2.24. The Morgan fingerprint density at radius 1 is 1.12 bits per heavy atom. The standard InChI is InChI=1S/C20H31N3O2/c24-16-19-12-18(13-22-10-4-5-11-22)14-23(15-19)20(25)21-9-8-17-6-2-1-3-7-17/h1-3,6-7,18-19,24H,4-5,8-16H2,(H,21,25)/t18-,19+/m1/s1. The van der Waals surface area contributed by atoms with Gasteiger partial charge in [-0.05, 0) is 50.3 Å². The van der Waals surface area contributed by atoms with Crippen molar-refractivity contribution in [1.82, 2.24) is 15.1 Å². The Morgan fingerprint density at radius 3 is 2.56 bits per heavy atom. The summed E-state index contributed by atoms with van der Waals surface area (Å²) in [7, 11) is 0. The van der Waals surface area contributed by atoms with Crippen LogP contribution < -0.4 is 5.32 Å². The molecule has 5 nitrogen and oxygen atoms in total. The monoisotopic (exact) mass is 345 g/mol. The number of hydrogen-bond donors (Lipinski definition) is 2. The van der Waals surface area contributed by atoms with Crippen molar-refractivity contribution < 1.29 is 9.90 Å². The molecule has 0 radical (unpaired) electrons. The number of carbonyl (C=O) groups is 1. The maximum absolute atomic E-state index is 12.6. The second-order valence-corrected chi connectivity index (χ2v) is 7.53. The summed E-state index contributed by atoms with van der Waals surface area (Å²) in [4.78, 5) is 17.0. The van der Waals surface area contributed by atoms with Crippen LogP contribution in [-0.4, -0.2) is 66.8 Å². The van der Waals surface area contributed by atoms with Gasteiger partial charge in [0.1, 0.15) is 0 Å². The van der Waals surface area contributed by atoms with Crippen molar-refractivity contribution in [1.29, 1.82) is 0 Å². The summed E-state index contributed by atoms with van der Waals surface area (Å²) in [5.41, 5.74) is 1.24. The van der Waals surface area contributed by atoms with Crippen LogP contribution in [0.25, 0.3) is 0 Å². The number of hydrogen-bond acceptors (Lipinski definition) is 3. The first-order chi connectivity index (χ1) is 12.2. The van der Waals surface area contributed by atoms with Gasteiger partial charge in [0.2, 0.25) is 0 Å². The lowest BCUT2D eigenvalue weighted by molar-refractivity contribution is 0.0857. The van der Waals surface area contributed by atoms with E-state index < -0.39 is 0 Å². The van der Waals surface area contributed by atoms with Crippen LogP contribution in [0.15, 0.2) is 30.3 Å². The minimum absolute atomic E-state index is 0.0144. The summed E-state index contributed by atoms with van der Waals surface area (Å²) in [6.45, 7) is 5.73. The summed E-state index contributed by atoms with van der Waals surface area (Å²) in [5, 5.41) is 12.7. The molecule has 2 aliphatic rings. The molecule has 2 saturated heterocycles. The van der Waals surface area contributed by atoms with Gasteiger partial charge in [0.15, 0.2) is 0 Å². The van der Waals surface area contributed by atoms with Crippen LogP contribution in [0, 0.1) is 11.8 Å². The molecule has 5 heteroatoms. The van der Waals surface area contributed by atoms with Gasteiger partial charge in [-0.1, -0.05) is 30.3 Å². The van der Waals surface area contributed by atoms with Crippen LogP contribution in [0.4, 0.5) is 4.79 Å². The molecular weight excluding hydrogens is 314 g/mol. The first kappa shape index (κ1) is 18.2. The lowest BCUT2D eigenvalue weighted by atomic mass is 9.89. The number of urea groups is 1. The first-order valence-corrected chi connectivity index (χ1v) is 9.64. The second kappa shape index (κ2) is 9.20. The van der Waals surface area contributed by atoms with Crippen LogP contribution in [-0.2, 0) is 6.42 Å². The van der Waals surface area contributed by atoms with Gasteiger partial charge < -0.3 is 20.2 Å². The number of aliphatic hydroxyl groups is 1. The van der Waals surface area contributed by atoms with Gasteiger partial charge in [0.25, 0.3) is 0 Å². The lowest BCUT2D eigenvalue weighted by Gasteiger charge is -2.38. The number of carbonyl (C=O) groups excluding carboxylic acids is 1. The molecular formula is C20H31N3O2. The summed E-state index contributed by atoms with van der Waals surface area (Å²) < 4.78 is 0. The maximum Gasteiger partial charge on any atom is 0.317 e. The topological polar surface area (TPSA) is 55.8 Å². The van der Waals surface area contributed by atoms with E-state index in [9.17, 15) is 9.90 Å². The molecule has 0 saturated carbocycles. The largest absolute Gasteiger partial charge is 0.396 e. The van der Waals surface area contributed by atoms with Crippen LogP contribution >= 0.6 is 0 Å². The van der Waals surface area contributed by atoms with Gasteiger partial charge in [-0.15, -0.1) is 0 Å². The summed E-state index contributed by atoms with van der Waals surface area (Å²) in [6.07, 6.45) is 4.46. The van der Waals surface area contributed by atoms with Crippen molar-refractivity contribution >= 4 is 6.03 Å². The van der Waals surface area contributed by atoms with Crippen LogP contribution in [0.3, 0.4) is 0 Å². The lowest BCUT2D eigenvalue weighted by Crippen LogP contribution is -2.51. The number of benzene rings is 1. The van der Waals surface area contributed by atoms with E-state index in [4.69, 9.17) is 0 Å². The molecule has 2 N–H and O–H groups in total. The Bertz CT molecular complexity index is 531. The molecule has 0 aromatic heterocycles. The van der Waals surface area contributed by atoms with Gasteiger partial charge in [-0.2, -0.15) is 0 Å². The number of aliphatic hydroxyl groups excluding tert-OH is 1. The number of amides is 2. The quantitative estimate of drug-likeness (QED) is 0.829. The van der Waals surface area contributed by atoms with E-state index in [0.29, 0.717) is 19.0 Å². The highest BCUT2D eigenvalue weighted by atomic mass is 16.3. The molecule has 0 spiro atoms. The third-order valence-corrected chi connectivity index (χ3v) is 5.42. The van der Waals surface area contributed by atoms with E-state index >= 15 is 0 Å². The summed E-state index contributed by atoms with van der Waals surface area (Å²) in [6, 6.07) is 10.2. The van der Waals surface area contributed by atoms with Crippen LogP contribution in [0.1, 0.15) is 24.8 Å². The zero-order valence-electron chi connectivity index (χ0n) is 15.1. The van der Waals surface area contributed by atoms with Gasteiger partial charge in [-0.3, -0.25) is 0 Å². The molecule has 1 aromatic rings. The van der Waals surface area contributed by atoms with Gasteiger partial charge >= 0.3 is 6.03 Å². The normalized spacial score (nSPS) is 24.4. The molecule has 1 aromatic carbocycles. The molecule has 2 aliphatic heterocycles. The predicted octanol–water partition coefficient (Wildman–Crippen LogP) is 1.96. The summed E-state index contributed by atoms with van der Waals surface area (Å²) >= 11 is 0. The fraction of sp³-hybridized carbons (Fsp3) is 0.650. The molecule has 0 aliphatic carbocycles. The van der Waals surface area contributed by atoms with E-state index in [1.807, 2.05) is 23.1 Å². The highest BCUT2D eigenvalue weighted by Gasteiger charge is 2.31. The van der Waals surface area contributed by atoms with E-state index in [-0.39, 0.29) is 18.6 Å². The molecule has 25 heavy (non-hydrogen) atoms. The zero-order chi connectivity index (χ0) is 17.5. The van der Waals surface area contributed by atoms with Gasteiger partial charge in [-0.25, -0.2) is 4.79 Å². The minimum Gasteiger partial charge on any atom is -0.396 e. The summed E-state index contributed by atoms with van der Waals surface area (Å²) in [5.74, 6) is 0.685. The zero-order valence-corrected chi connectivity index (χ0v) is 15.1. The fourth-order valence-electron chi connectivity index (χ4n) is 4.15. The Balaban J connectivity index is 1.47. The predicted molar refractivity (Wildman–Crippen MR) is 99.5 cm³/mol.